The SMILES string of the molecule is CCC1(O)C(=O)OCc2c1cc1n(c2=O)Cc2c-1nc1ccc(O)cc1c2C(C)C(C)(C)[SiH]1CCCCC1. The molecule has 0 radical (unpaired) electrons. The minimum atomic E-state index is -1.85. The van der Waals surface area contributed by atoms with Crippen molar-refractivity contribution in [3.63, 3.8) is 0 Å². The van der Waals surface area contributed by atoms with Crippen LogP contribution in [-0.4, -0.2) is 34.5 Å². The van der Waals surface area contributed by atoms with E-state index in [9.17, 15) is 19.8 Å². The highest BCUT2D eigenvalue weighted by Gasteiger charge is 2.46. The first-order chi connectivity index (χ1) is 18.1. The molecule has 0 aliphatic carbocycles. The number of aromatic nitrogens is 2. The van der Waals surface area contributed by atoms with E-state index in [0.717, 1.165) is 27.7 Å². The number of aromatic hydroxyl groups is 1. The lowest BCUT2D eigenvalue weighted by Gasteiger charge is -2.42. The monoisotopic (exact) mass is 532 g/mol. The maximum atomic E-state index is 13.8. The zero-order chi connectivity index (χ0) is 27.0. The molecular formula is C30H36N2O5Si. The number of carbonyl (C=O) groups is 1. The Balaban J connectivity index is 1.60. The molecular weight excluding hydrogens is 496 g/mol. The minimum Gasteiger partial charge on any atom is -0.508 e. The predicted molar refractivity (Wildman–Crippen MR) is 149 cm³/mol. The second-order valence-corrected chi connectivity index (χ2v) is 16.1. The van der Waals surface area contributed by atoms with E-state index in [1.807, 2.05) is 12.1 Å². The largest absolute Gasteiger partial charge is 0.508 e. The number of cyclic esters (lactones) is 1. The third-order valence-electron chi connectivity index (χ3n) is 9.92. The van der Waals surface area contributed by atoms with Crippen molar-refractivity contribution >= 4 is 25.7 Å². The Kier molecular flexibility index (Phi) is 5.85. The topological polar surface area (TPSA) is 102 Å². The Labute approximate surface area is 224 Å². The van der Waals surface area contributed by atoms with Gasteiger partial charge in [0.1, 0.15) is 12.4 Å². The molecule has 1 fully saturated rings. The summed E-state index contributed by atoms with van der Waals surface area (Å²) in [5.41, 5.74) is 2.84. The van der Waals surface area contributed by atoms with E-state index in [1.54, 1.807) is 23.6 Å². The quantitative estimate of drug-likeness (QED) is 0.281. The predicted octanol–water partition coefficient (Wildman–Crippen LogP) is 5.08. The second kappa shape index (κ2) is 8.78. The van der Waals surface area contributed by atoms with Gasteiger partial charge in [-0.05, 0) is 47.2 Å². The highest BCUT2D eigenvalue weighted by Crippen LogP contribution is 2.52. The van der Waals surface area contributed by atoms with Gasteiger partial charge in [0, 0.05) is 25.3 Å². The number of ether oxygens (including phenoxy) is 1. The van der Waals surface area contributed by atoms with Crippen molar-refractivity contribution in [3.8, 4) is 17.1 Å². The summed E-state index contributed by atoms with van der Waals surface area (Å²) in [6.45, 7) is 9.08. The van der Waals surface area contributed by atoms with E-state index >= 15 is 0 Å². The molecule has 2 aromatic heterocycles. The molecule has 8 heteroatoms. The number of hydrogen-bond donors (Lipinski definition) is 2. The molecule has 7 nitrogen and oxygen atoms in total. The van der Waals surface area contributed by atoms with Crippen molar-refractivity contribution in [1.29, 1.82) is 0 Å². The van der Waals surface area contributed by atoms with Crippen LogP contribution in [0.3, 0.4) is 0 Å². The van der Waals surface area contributed by atoms with Crippen LogP contribution < -0.4 is 5.56 Å². The van der Waals surface area contributed by atoms with Crippen LogP contribution in [0.25, 0.3) is 22.3 Å². The van der Waals surface area contributed by atoms with Crippen LogP contribution >= 0.6 is 0 Å². The fourth-order valence-corrected chi connectivity index (χ4v) is 11.4. The van der Waals surface area contributed by atoms with Gasteiger partial charge in [-0.25, -0.2) is 9.78 Å². The van der Waals surface area contributed by atoms with Crippen LogP contribution in [0.15, 0.2) is 29.1 Å². The number of benzene rings is 1. The van der Waals surface area contributed by atoms with E-state index < -0.39 is 20.4 Å². The lowest BCUT2D eigenvalue weighted by atomic mass is 9.83. The number of carbonyl (C=O) groups excluding carboxylic acids is 1. The Morgan fingerprint density at radius 1 is 1.16 bits per heavy atom. The molecule has 1 saturated heterocycles. The van der Waals surface area contributed by atoms with Gasteiger partial charge in [0.15, 0.2) is 5.60 Å². The van der Waals surface area contributed by atoms with Crippen LogP contribution in [0.2, 0.25) is 17.1 Å². The van der Waals surface area contributed by atoms with E-state index in [-0.39, 0.29) is 35.3 Å². The van der Waals surface area contributed by atoms with E-state index in [1.165, 1.54) is 31.4 Å². The zero-order valence-electron chi connectivity index (χ0n) is 22.6. The fourth-order valence-electron chi connectivity index (χ4n) is 7.16. The van der Waals surface area contributed by atoms with Gasteiger partial charge in [-0.3, -0.25) is 4.79 Å². The van der Waals surface area contributed by atoms with Gasteiger partial charge in [0.25, 0.3) is 5.56 Å². The molecule has 2 N–H and O–H groups in total. The fraction of sp³-hybridized carbons (Fsp3) is 0.500. The molecule has 2 atom stereocenters. The highest BCUT2D eigenvalue weighted by atomic mass is 28.3. The summed E-state index contributed by atoms with van der Waals surface area (Å²) in [7, 11) is -1.05. The number of pyridine rings is 2. The van der Waals surface area contributed by atoms with Gasteiger partial charge in [-0.1, -0.05) is 59.0 Å². The first kappa shape index (κ1) is 25.3. The lowest BCUT2D eigenvalue weighted by Crippen LogP contribution is -2.44. The summed E-state index contributed by atoms with van der Waals surface area (Å²) < 4.78 is 6.95. The lowest BCUT2D eigenvalue weighted by molar-refractivity contribution is -0.172. The number of esters is 1. The standard InChI is InChI=1S/C30H36N2O5Si/c1-5-30(36)22-14-24-26-20(15-32(24)27(34)21(22)16-37-28(30)35)25(19-13-18(33)9-10-23(19)31-26)17(2)29(3,4)38-11-7-6-8-12-38/h9-10,13-14,17,33,36,38H,5-8,11-12,15-16H2,1-4H3. The molecule has 2 unspecified atom stereocenters. The number of fused-ring (bicyclic) bond motifs is 5. The summed E-state index contributed by atoms with van der Waals surface area (Å²) in [6.07, 6.45) is 4.07. The Morgan fingerprint density at radius 2 is 1.89 bits per heavy atom. The van der Waals surface area contributed by atoms with Gasteiger partial charge in [-0.2, -0.15) is 0 Å². The van der Waals surface area contributed by atoms with Crippen LogP contribution in [-0.2, 0) is 28.3 Å². The van der Waals surface area contributed by atoms with Gasteiger partial charge in [0.2, 0.25) is 0 Å². The second-order valence-electron chi connectivity index (χ2n) is 12.0. The van der Waals surface area contributed by atoms with Gasteiger partial charge < -0.3 is 19.5 Å². The van der Waals surface area contributed by atoms with Crippen LogP contribution in [0.4, 0.5) is 0 Å². The molecule has 3 aromatic rings. The van der Waals surface area contributed by atoms with Gasteiger partial charge >= 0.3 is 5.97 Å². The van der Waals surface area contributed by atoms with Crippen LogP contribution in [0, 0.1) is 0 Å². The number of aliphatic hydroxyl groups is 1. The van der Waals surface area contributed by atoms with Crippen molar-refractivity contribution in [2.24, 2.45) is 0 Å². The van der Waals surface area contributed by atoms with Crippen molar-refractivity contribution in [3.05, 3.63) is 56.9 Å². The Bertz CT molecular complexity index is 1540. The molecule has 0 saturated carbocycles. The maximum Gasteiger partial charge on any atom is 0.343 e. The van der Waals surface area contributed by atoms with Gasteiger partial charge in [0.05, 0.1) is 29.0 Å². The van der Waals surface area contributed by atoms with E-state index in [0.29, 0.717) is 23.4 Å². The first-order valence-corrected chi connectivity index (χ1v) is 16.1. The molecule has 38 heavy (non-hydrogen) atoms. The van der Waals surface area contributed by atoms with Crippen molar-refractivity contribution < 1.29 is 19.7 Å². The first-order valence-electron chi connectivity index (χ1n) is 13.9. The summed E-state index contributed by atoms with van der Waals surface area (Å²) >= 11 is 0. The third-order valence-corrected chi connectivity index (χ3v) is 14.7. The molecule has 6 rings (SSSR count). The zero-order valence-corrected chi connectivity index (χ0v) is 23.8. The van der Waals surface area contributed by atoms with Crippen molar-refractivity contribution in [2.75, 3.05) is 0 Å². The Morgan fingerprint density at radius 3 is 2.61 bits per heavy atom. The molecule has 0 bridgehead atoms. The number of phenols is 1. The number of nitrogens with zero attached hydrogens (tertiary/aromatic N) is 2. The number of rotatable bonds is 4. The maximum absolute atomic E-state index is 13.8. The number of phenolic OH excluding ortho intramolecular Hbond substituents is 1. The van der Waals surface area contributed by atoms with Crippen molar-refractivity contribution in [2.45, 2.75) is 95.2 Å². The summed E-state index contributed by atoms with van der Waals surface area (Å²) in [5.74, 6) is -0.312. The number of hydrogen-bond acceptors (Lipinski definition) is 6. The molecule has 3 aliphatic heterocycles. The Hall–Kier alpha value is -2.97. The van der Waals surface area contributed by atoms with Crippen LogP contribution in [0.1, 0.15) is 81.5 Å². The average molecular weight is 533 g/mol. The average Bonchev–Trinajstić information content (AvgIpc) is 3.28. The normalized spacial score (nSPS) is 22.1. The summed E-state index contributed by atoms with van der Waals surface area (Å²) in [4.78, 5) is 31.3. The van der Waals surface area contributed by atoms with E-state index in [4.69, 9.17) is 9.72 Å². The van der Waals surface area contributed by atoms with Crippen LogP contribution in [0.5, 0.6) is 5.75 Å². The summed E-state index contributed by atoms with van der Waals surface area (Å²) in [5, 5.41) is 22.8. The molecule has 0 amide bonds. The molecule has 3 aliphatic rings. The third kappa shape index (κ3) is 3.53. The summed E-state index contributed by atoms with van der Waals surface area (Å²) in [6, 6.07) is 9.78. The highest BCUT2D eigenvalue weighted by molar-refractivity contribution is 6.62. The molecule has 5 heterocycles. The molecule has 0 spiro atoms. The molecule has 1 aromatic carbocycles. The smallest absolute Gasteiger partial charge is 0.343 e. The minimum absolute atomic E-state index is 0.113. The van der Waals surface area contributed by atoms with Crippen molar-refractivity contribution in [1.82, 2.24) is 9.55 Å². The van der Waals surface area contributed by atoms with E-state index in [2.05, 4.69) is 20.8 Å². The molecule has 200 valence electrons. The van der Waals surface area contributed by atoms with Gasteiger partial charge in [-0.15, -0.1) is 0 Å².